The molecule has 1 nitrogen and oxygen atoms in total. The van der Waals surface area contributed by atoms with Crippen LogP contribution in [0.3, 0.4) is 0 Å². The molecule has 4 aromatic carbocycles. The first kappa shape index (κ1) is 16.6. The SMILES string of the molecule is C1=CC(/C=C/c2ccccc2)(c2ccccc2)Oc2ccc3ccccc3c21. The minimum Gasteiger partial charge on any atom is -0.474 e. The van der Waals surface area contributed by atoms with Gasteiger partial charge in [0, 0.05) is 11.1 Å². The maximum atomic E-state index is 6.66. The molecular formula is C27H20O. The minimum absolute atomic E-state index is 0.632. The van der Waals surface area contributed by atoms with E-state index < -0.39 is 5.60 Å². The monoisotopic (exact) mass is 360 g/mol. The Balaban J connectivity index is 1.64. The zero-order valence-corrected chi connectivity index (χ0v) is 15.5. The number of fused-ring (bicyclic) bond motifs is 3. The lowest BCUT2D eigenvalue weighted by atomic mass is 9.88. The van der Waals surface area contributed by atoms with Crippen LogP contribution in [0.2, 0.25) is 0 Å². The van der Waals surface area contributed by atoms with Crippen LogP contribution >= 0.6 is 0 Å². The Morgan fingerprint density at radius 1 is 0.679 bits per heavy atom. The molecule has 1 heterocycles. The molecule has 0 bridgehead atoms. The molecule has 5 rings (SSSR count). The quantitative estimate of drug-likeness (QED) is 0.388. The highest BCUT2D eigenvalue weighted by Gasteiger charge is 2.32. The maximum absolute atomic E-state index is 6.66. The van der Waals surface area contributed by atoms with Gasteiger partial charge >= 0.3 is 0 Å². The lowest BCUT2D eigenvalue weighted by Gasteiger charge is -2.33. The van der Waals surface area contributed by atoms with E-state index in [0.29, 0.717) is 0 Å². The number of hydrogen-bond acceptors (Lipinski definition) is 1. The van der Waals surface area contributed by atoms with Crippen molar-refractivity contribution in [1.29, 1.82) is 0 Å². The second-order valence-corrected chi connectivity index (χ2v) is 7.04. The van der Waals surface area contributed by atoms with E-state index in [1.165, 1.54) is 10.8 Å². The molecule has 0 spiro atoms. The van der Waals surface area contributed by atoms with Gasteiger partial charge in [0.15, 0.2) is 5.60 Å². The normalized spacial score (nSPS) is 18.1. The topological polar surface area (TPSA) is 9.23 Å². The highest BCUT2D eigenvalue weighted by atomic mass is 16.5. The number of hydrogen-bond donors (Lipinski definition) is 0. The Labute approximate surface area is 165 Å². The first-order valence-corrected chi connectivity index (χ1v) is 9.54. The van der Waals surface area contributed by atoms with Crippen molar-refractivity contribution in [2.75, 3.05) is 0 Å². The lowest BCUT2D eigenvalue weighted by molar-refractivity contribution is 0.171. The van der Waals surface area contributed by atoms with E-state index in [0.717, 1.165) is 22.4 Å². The molecule has 0 aliphatic carbocycles. The predicted molar refractivity (Wildman–Crippen MR) is 117 cm³/mol. The smallest absolute Gasteiger partial charge is 0.171 e. The fraction of sp³-hybridized carbons (Fsp3) is 0.0370. The second kappa shape index (κ2) is 6.86. The summed E-state index contributed by atoms with van der Waals surface area (Å²) in [7, 11) is 0. The van der Waals surface area contributed by atoms with Crippen molar-refractivity contribution in [2.45, 2.75) is 5.60 Å². The Bertz CT molecular complexity index is 1170. The van der Waals surface area contributed by atoms with Gasteiger partial charge in [0.2, 0.25) is 0 Å². The van der Waals surface area contributed by atoms with E-state index in [4.69, 9.17) is 4.74 Å². The highest BCUT2D eigenvalue weighted by Crippen LogP contribution is 2.41. The fourth-order valence-corrected chi connectivity index (χ4v) is 3.78. The molecule has 1 heteroatoms. The zero-order valence-electron chi connectivity index (χ0n) is 15.5. The highest BCUT2D eigenvalue weighted by molar-refractivity contribution is 5.94. The van der Waals surface area contributed by atoms with E-state index in [2.05, 4.69) is 97.1 Å². The second-order valence-electron chi connectivity index (χ2n) is 7.04. The van der Waals surface area contributed by atoms with Gasteiger partial charge in [-0.05, 0) is 40.6 Å². The minimum atomic E-state index is -0.632. The maximum Gasteiger partial charge on any atom is 0.171 e. The van der Waals surface area contributed by atoms with Gasteiger partial charge in [-0.15, -0.1) is 0 Å². The number of ether oxygens (including phenoxy) is 1. The van der Waals surface area contributed by atoms with Crippen LogP contribution in [0.25, 0.3) is 22.9 Å². The largest absolute Gasteiger partial charge is 0.474 e. The summed E-state index contributed by atoms with van der Waals surface area (Å²) in [5.74, 6) is 0.905. The van der Waals surface area contributed by atoms with Gasteiger partial charge in [-0.25, -0.2) is 0 Å². The number of benzene rings is 4. The van der Waals surface area contributed by atoms with Crippen molar-refractivity contribution in [2.24, 2.45) is 0 Å². The van der Waals surface area contributed by atoms with Crippen LogP contribution in [-0.4, -0.2) is 0 Å². The van der Waals surface area contributed by atoms with Gasteiger partial charge < -0.3 is 4.74 Å². The Hall–Kier alpha value is -3.58. The molecule has 0 amide bonds. The molecular weight excluding hydrogens is 340 g/mol. The van der Waals surface area contributed by atoms with E-state index in [9.17, 15) is 0 Å². The van der Waals surface area contributed by atoms with Crippen LogP contribution < -0.4 is 4.74 Å². The van der Waals surface area contributed by atoms with Gasteiger partial charge in [-0.3, -0.25) is 0 Å². The Kier molecular flexibility index (Phi) is 4.06. The Morgan fingerprint density at radius 3 is 2.21 bits per heavy atom. The molecule has 1 aliphatic rings. The lowest BCUT2D eigenvalue weighted by Crippen LogP contribution is -2.30. The summed E-state index contributed by atoms with van der Waals surface area (Å²) in [5, 5.41) is 2.44. The summed E-state index contributed by atoms with van der Waals surface area (Å²) in [6.07, 6.45) is 8.63. The van der Waals surface area contributed by atoms with Crippen LogP contribution in [-0.2, 0) is 5.60 Å². The molecule has 4 aromatic rings. The average molecular weight is 360 g/mol. The van der Waals surface area contributed by atoms with Gasteiger partial charge in [0.25, 0.3) is 0 Å². The Morgan fingerprint density at radius 2 is 1.39 bits per heavy atom. The third-order valence-electron chi connectivity index (χ3n) is 5.26. The predicted octanol–water partition coefficient (Wildman–Crippen LogP) is 6.85. The van der Waals surface area contributed by atoms with Crippen molar-refractivity contribution in [1.82, 2.24) is 0 Å². The third kappa shape index (κ3) is 2.91. The van der Waals surface area contributed by atoms with E-state index in [-0.39, 0.29) is 0 Å². The molecule has 28 heavy (non-hydrogen) atoms. The van der Waals surface area contributed by atoms with Gasteiger partial charge in [-0.2, -0.15) is 0 Å². The van der Waals surface area contributed by atoms with Crippen molar-refractivity contribution in [3.8, 4) is 5.75 Å². The summed E-state index contributed by atoms with van der Waals surface area (Å²) in [6.45, 7) is 0. The fourth-order valence-electron chi connectivity index (χ4n) is 3.78. The zero-order chi connectivity index (χ0) is 18.8. The summed E-state index contributed by atoms with van der Waals surface area (Å²) in [6, 6.07) is 33.3. The van der Waals surface area contributed by atoms with Crippen LogP contribution in [0.15, 0.2) is 109 Å². The first-order chi connectivity index (χ1) is 13.8. The molecule has 0 aromatic heterocycles. The molecule has 1 atom stereocenters. The van der Waals surface area contributed by atoms with Crippen LogP contribution in [0, 0.1) is 0 Å². The molecule has 134 valence electrons. The summed E-state index contributed by atoms with van der Waals surface area (Å²) >= 11 is 0. The molecule has 1 aliphatic heterocycles. The van der Waals surface area contributed by atoms with E-state index >= 15 is 0 Å². The first-order valence-electron chi connectivity index (χ1n) is 9.54. The van der Waals surface area contributed by atoms with Crippen molar-refractivity contribution in [3.05, 3.63) is 126 Å². The van der Waals surface area contributed by atoms with Gasteiger partial charge in [-0.1, -0.05) is 97.1 Å². The van der Waals surface area contributed by atoms with Crippen molar-refractivity contribution in [3.63, 3.8) is 0 Å². The van der Waals surface area contributed by atoms with E-state index in [1.807, 2.05) is 24.3 Å². The summed E-state index contributed by atoms with van der Waals surface area (Å²) < 4.78 is 6.66. The van der Waals surface area contributed by atoms with Crippen LogP contribution in [0.4, 0.5) is 0 Å². The molecule has 0 fully saturated rings. The van der Waals surface area contributed by atoms with Gasteiger partial charge in [0.1, 0.15) is 5.75 Å². The van der Waals surface area contributed by atoms with Crippen molar-refractivity contribution < 1.29 is 4.74 Å². The summed E-state index contributed by atoms with van der Waals surface area (Å²) in [5.41, 5.74) is 2.76. The standard InChI is InChI=1S/C27H20O/c1-3-9-21(10-4-1)17-19-27(23-12-5-2-6-13-23)20-18-25-24-14-8-7-11-22(24)15-16-26(25)28-27/h1-20H/b19-17+. The van der Waals surface area contributed by atoms with Crippen LogP contribution in [0.1, 0.15) is 16.7 Å². The third-order valence-corrected chi connectivity index (χ3v) is 5.26. The summed E-state index contributed by atoms with van der Waals surface area (Å²) in [4.78, 5) is 0. The molecule has 0 radical (unpaired) electrons. The molecule has 0 N–H and O–H groups in total. The molecule has 1 unspecified atom stereocenters. The number of rotatable bonds is 3. The molecule has 0 saturated heterocycles. The van der Waals surface area contributed by atoms with Crippen molar-refractivity contribution >= 4 is 22.9 Å². The van der Waals surface area contributed by atoms with E-state index in [1.54, 1.807) is 0 Å². The van der Waals surface area contributed by atoms with Gasteiger partial charge in [0.05, 0.1) is 0 Å². The molecule has 0 saturated carbocycles. The van der Waals surface area contributed by atoms with Crippen LogP contribution in [0.5, 0.6) is 5.75 Å². The average Bonchev–Trinajstić information content (AvgIpc) is 2.79.